The van der Waals surface area contributed by atoms with E-state index in [0.29, 0.717) is 0 Å². The maximum atomic E-state index is 11.6. The Kier molecular flexibility index (Phi) is 9.36. The number of hydrogen-bond acceptors (Lipinski definition) is 1. The van der Waals surface area contributed by atoms with E-state index in [1.54, 1.807) is 6.92 Å². The average Bonchev–Trinajstić information content (AvgIpc) is 2.58. The second-order valence-electron chi connectivity index (χ2n) is 6.88. The standard InChI is InChI=1S/C25H32O/c1-7-9-22(13-11-19(3)4)17-20(5)12-14-23-15-16-24(21(6)26)18-25(23)10-8-2/h7,9,11-13,15-16,18H,1,3,8,10,14,17H2,2,4-6H3/b13-11-,20-12-,22-9+. The number of Topliss-reactive ketones (excluding diaryl/α,β-unsaturated/α-hetero) is 1. The van der Waals surface area contributed by atoms with Crippen molar-refractivity contribution in [3.63, 3.8) is 0 Å². The Balaban J connectivity index is 2.93. The maximum Gasteiger partial charge on any atom is 0.159 e. The summed E-state index contributed by atoms with van der Waals surface area (Å²) < 4.78 is 0. The van der Waals surface area contributed by atoms with Crippen molar-refractivity contribution in [2.75, 3.05) is 0 Å². The number of aryl methyl sites for hydroxylation is 1. The minimum absolute atomic E-state index is 0.129. The molecule has 0 radical (unpaired) electrons. The first-order valence-corrected chi connectivity index (χ1v) is 9.30. The number of carbonyl (C=O) groups is 1. The molecule has 0 atom stereocenters. The Hall–Kier alpha value is -2.41. The number of carbonyl (C=O) groups excluding carboxylic acids is 1. The molecule has 0 amide bonds. The lowest BCUT2D eigenvalue weighted by Gasteiger charge is -2.10. The van der Waals surface area contributed by atoms with Gasteiger partial charge in [-0.25, -0.2) is 0 Å². The minimum Gasteiger partial charge on any atom is -0.295 e. The molecule has 1 rings (SSSR count). The molecule has 0 unspecified atom stereocenters. The monoisotopic (exact) mass is 348 g/mol. The van der Waals surface area contributed by atoms with Gasteiger partial charge in [0.15, 0.2) is 5.78 Å². The third-order valence-electron chi connectivity index (χ3n) is 4.20. The number of allylic oxidation sites excluding steroid dienone is 8. The van der Waals surface area contributed by atoms with Gasteiger partial charge in [0.1, 0.15) is 0 Å². The Morgan fingerprint density at radius 2 is 1.85 bits per heavy atom. The number of rotatable bonds is 10. The van der Waals surface area contributed by atoms with Crippen molar-refractivity contribution in [3.05, 3.63) is 95.1 Å². The van der Waals surface area contributed by atoms with E-state index in [-0.39, 0.29) is 5.78 Å². The highest BCUT2D eigenvalue weighted by Gasteiger charge is 2.06. The predicted molar refractivity (Wildman–Crippen MR) is 115 cm³/mol. The molecule has 1 aromatic rings. The molecule has 26 heavy (non-hydrogen) atoms. The van der Waals surface area contributed by atoms with Gasteiger partial charge in [0.2, 0.25) is 0 Å². The summed E-state index contributed by atoms with van der Waals surface area (Å²) in [6, 6.07) is 6.11. The van der Waals surface area contributed by atoms with Gasteiger partial charge >= 0.3 is 0 Å². The number of hydrogen-bond donors (Lipinski definition) is 0. The number of ketones is 1. The molecule has 1 aromatic carbocycles. The molecule has 0 saturated heterocycles. The predicted octanol–water partition coefficient (Wildman–Crippen LogP) is 6.97. The normalized spacial score (nSPS) is 12.5. The SMILES string of the molecule is C=C/C=C(\C=C/C(=C)C)C/C(C)=C\Cc1ccc(C(C)=O)cc1CCC. The summed E-state index contributed by atoms with van der Waals surface area (Å²) >= 11 is 0. The van der Waals surface area contributed by atoms with Gasteiger partial charge in [-0.2, -0.15) is 0 Å². The molecule has 0 bridgehead atoms. The fourth-order valence-electron chi connectivity index (χ4n) is 2.80. The molecule has 0 fully saturated rings. The smallest absolute Gasteiger partial charge is 0.159 e. The van der Waals surface area contributed by atoms with Crippen molar-refractivity contribution in [3.8, 4) is 0 Å². The van der Waals surface area contributed by atoms with Crippen molar-refractivity contribution in [2.24, 2.45) is 0 Å². The van der Waals surface area contributed by atoms with Crippen LogP contribution in [0.5, 0.6) is 0 Å². The molecule has 0 heterocycles. The van der Waals surface area contributed by atoms with Crippen molar-refractivity contribution < 1.29 is 4.79 Å². The largest absolute Gasteiger partial charge is 0.295 e. The molecule has 0 N–H and O–H groups in total. The van der Waals surface area contributed by atoms with E-state index in [4.69, 9.17) is 0 Å². The number of benzene rings is 1. The Morgan fingerprint density at radius 3 is 2.42 bits per heavy atom. The topological polar surface area (TPSA) is 17.1 Å². The van der Waals surface area contributed by atoms with Crippen molar-refractivity contribution >= 4 is 5.78 Å². The molecule has 138 valence electrons. The van der Waals surface area contributed by atoms with Gasteiger partial charge in [-0.05, 0) is 62.8 Å². The first kappa shape index (κ1) is 21.6. The van der Waals surface area contributed by atoms with Crippen LogP contribution in [0.2, 0.25) is 0 Å². The second kappa shape index (κ2) is 11.3. The van der Waals surface area contributed by atoms with Crippen LogP contribution < -0.4 is 0 Å². The van der Waals surface area contributed by atoms with E-state index in [1.165, 1.54) is 22.3 Å². The van der Waals surface area contributed by atoms with Crippen molar-refractivity contribution in [2.45, 2.75) is 53.4 Å². The van der Waals surface area contributed by atoms with Crippen molar-refractivity contribution in [1.29, 1.82) is 0 Å². The van der Waals surface area contributed by atoms with E-state index in [0.717, 1.165) is 36.8 Å². The van der Waals surface area contributed by atoms with Crippen LogP contribution in [0.4, 0.5) is 0 Å². The van der Waals surface area contributed by atoms with E-state index < -0.39 is 0 Å². The first-order chi connectivity index (χ1) is 12.4. The molecule has 0 aromatic heterocycles. The average molecular weight is 349 g/mol. The molecule has 0 aliphatic carbocycles. The van der Waals surface area contributed by atoms with E-state index in [1.807, 2.05) is 31.2 Å². The summed E-state index contributed by atoms with van der Waals surface area (Å²) in [4.78, 5) is 11.6. The zero-order chi connectivity index (χ0) is 19.5. The van der Waals surface area contributed by atoms with E-state index in [2.05, 4.69) is 51.3 Å². The molecule has 0 aliphatic heterocycles. The van der Waals surface area contributed by atoms with Gasteiger partial charge < -0.3 is 0 Å². The van der Waals surface area contributed by atoms with Crippen molar-refractivity contribution in [1.82, 2.24) is 0 Å². The summed E-state index contributed by atoms with van der Waals surface area (Å²) in [6.45, 7) is 15.7. The van der Waals surface area contributed by atoms with Crippen LogP contribution in [0.15, 0.2) is 78.5 Å². The summed E-state index contributed by atoms with van der Waals surface area (Å²) in [5.41, 5.74) is 6.98. The maximum absolute atomic E-state index is 11.6. The fourth-order valence-corrected chi connectivity index (χ4v) is 2.80. The van der Waals surface area contributed by atoms with Crippen LogP contribution in [-0.4, -0.2) is 5.78 Å². The molecule has 1 nitrogen and oxygen atoms in total. The van der Waals surface area contributed by atoms with Gasteiger partial charge in [-0.3, -0.25) is 4.79 Å². The molecule has 0 aliphatic rings. The molecular formula is C25H32O. The lowest BCUT2D eigenvalue weighted by atomic mass is 9.95. The van der Waals surface area contributed by atoms with Gasteiger partial charge in [0.25, 0.3) is 0 Å². The highest BCUT2D eigenvalue weighted by Crippen LogP contribution is 2.19. The Morgan fingerprint density at radius 1 is 1.12 bits per heavy atom. The molecule has 0 saturated carbocycles. The molecule has 0 spiro atoms. The fraction of sp³-hybridized carbons (Fsp3) is 0.320. The van der Waals surface area contributed by atoms with Crippen LogP contribution in [0.25, 0.3) is 0 Å². The highest BCUT2D eigenvalue weighted by atomic mass is 16.1. The summed E-state index contributed by atoms with van der Waals surface area (Å²) in [7, 11) is 0. The van der Waals surface area contributed by atoms with Gasteiger partial charge in [0.05, 0.1) is 0 Å². The quantitative estimate of drug-likeness (QED) is 0.253. The minimum atomic E-state index is 0.129. The molecular weight excluding hydrogens is 316 g/mol. The summed E-state index contributed by atoms with van der Waals surface area (Å²) in [5, 5.41) is 0. The van der Waals surface area contributed by atoms with Crippen LogP contribution >= 0.6 is 0 Å². The van der Waals surface area contributed by atoms with Crippen LogP contribution in [-0.2, 0) is 12.8 Å². The lowest BCUT2D eigenvalue weighted by Crippen LogP contribution is -1.99. The van der Waals surface area contributed by atoms with Crippen LogP contribution in [0.1, 0.15) is 62.0 Å². The lowest BCUT2D eigenvalue weighted by molar-refractivity contribution is 0.101. The van der Waals surface area contributed by atoms with E-state index in [9.17, 15) is 4.79 Å². The Bertz CT molecular complexity index is 741. The van der Waals surface area contributed by atoms with Crippen LogP contribution in [0.3, 0.4) is 0 Å². The Labute approximate surface area is 159 Å². The second-order valence-corrected chi connectivity index (χ2v) is 6.88. The zero-order valence-electron chi connectivity index (χ0n) is 16.8. The van der Waals surface area contributed by atoms with E-state index >= 15 is 0 Å². The van der Waals surface area contributed by atoms with Gasteiger partial charge in [-0.1, -0.05) is 80.2 Å². The molecule has 1 heteroatoms. The first-order valence-electron chi connectivity index (χ1n) is 9.30. The zero-order valence-corrected chi connectivity index (χ0v) is 16.8. The summed E-state index contributed by atoms with van der Waals surface area (Å²) in [6.07, 6.45) is 14.2. The third kappa shape index (κ3) is 7.65. The highest BCUT2D eigenvalue weighted by molar-refractivity contribution is 5.94. The van der Waals surface area contributed by atoms with Crippen LogP contribution in [0, 0.1) is 0 Å². The third-order valence-corrected chi connectivity index (χ3v) is 4.20. The van der Waals surface area contributed by atoms with Gasteiger partial charge in [-0.15, -0.1) is 0 Å². The summed E-state index contributed by atoms with van der Waals surface area (Å²) in [5.74, 6) is 0.129. The van der Waals surface area contributed by atoms with Gasteiger partial charge in [0, 0.05) is 5.56 Å².